The summed E-state index contributed by atoms with van der Waals surface area (Å²) in [6.45, 7) is 2.77. The van der Waals surface area contributed by atoms with Gasteiger partial charge in [0, 0.05) is 18.2 Å². The van der Waals surface area contributed by atoms with Crippen molar-refractivity contribution < 1.29 is 14.3 Å². The minimum Gasteiger partial charge on any atom is -0.497 e. The molecule has 0 spiro atoms. The fourth-order valence-electron chi connectivity index (χ4n) is 2.09. The van der Waals surface area contributed by atoms with Crippen LogP contribution in [0, 0.1) is 0 Å². The van der Waals surface area contributed by atoms with E-state index < -0.39 is 0 Å². The average Bonchev–Trinajstić information content (AvgIpc) is 2.79. The third kappa shape index (κ3) is 3.62. The molecular formula is C16H19NO3S2. The van der Waals surface area contributed by atoms with Crippen LogP contribution in [0.4, 0.5) is 0 Å². The Morgan fingerprint density at radius 2 is 2.09 bits per heavy atom. The summed E-state index contributed by atoms with van der Waals surface area (Å²) in [5.74, 6) is 1.35. The highest BCUT2D eigenvalue weighted by Gasteiger charge is 2.31. The van der Waals surface area contributed by atoms with Crippen LogP contribution in [0.15, 0.2) is 23.1 Å². The number of unbranched alkanes of at least 4 members (excludes halogenated alkanes) is 1. The summed E-state index contributed by atoms with van der Waals surface area (Å²) in [6.07, 6.45) is 3.80. The van der Waals surface area contributed by atoms with E-state index in [0.717, 1.165) is 18.4 Å². The molecule has 1 aromatic rings. The summed E-state index contributed by atoms with van der Waals surface area (Å²) in [6, 6.07) is 5.51. The molecule has 6 heteroatoms. The zero-order chi connectivity index (χ0) is 16.1. The molecule has 0 unspecified atom stereocenters. The second kappa shape index (κ2) is 7.65. The molecule has 0 bridgehead atoms. The number of ether oxygens (including phenoxy) is 2. The van der Waals surface area contributed by atoms with Gasteiger partial charge in [0.15, 0.2) is 0 Å². The zero-order valence-corrected chi connectivity index (χ0v) is 14.6. The molecule has 0 radical (unpaired) electrons. The summed E-state index contributed by atoms with van der Waals surface area (Å²) in [5, 5.41) is 0. The standard InChI is InChI=1S/C16H19NO3S2/c1-4-5-8-17-15(18)14(22-16(17)21)9-11-6-7-12(19-2)10-13(11)20-3/h6-7,9-10H,4-5,8H2,1-3H3. The molecule has 1 aromatic carbocycles. The van der Waals surface area contributed by atoms with Crippen molar-refractivity contribution in [1.82, 2.24) is 4.90 Å². The third-order valence-corrected chi connectivity index (χ3v) is 4.71. The third-order valence-electron chi connectivity index (χ3n) is 3.34. The van der Waals surface area contributed by atoms with E-state index in [2.05, 4.69) is 6.92 Å². The predicted octanol–water partition coefficient (Wildman–Crippen LogP) is 3.71. The highest BCUT2D eigenvalue weighted by molar-refractivity contribution is 8.26. The molecule has 0 aliphatic carbocycles. The van der Waals surface area contributed by atoms with E-state index in [0.29, 0.717) is 27.3 Å². The van der Waals surface area contributed by atoms with Crippen LogP contribution >= 0.6 is 24.0 Å². The normalized spacial score (nSPS) is 16.5. The number of benzene rings is 1. The van der Waals surface area contributed by atoms with Gasteiger partial charge in [-0.05, 0) is 24.6 Å². The maximum absolute atomic E-state index is 12.4. The van der Waals surface area contributed by atoms with Crippen molar-refractivity contribution >= 4 is 40.3 Å². The Kier molecular flexibility index (Phi) is 5.85. The van der Waals surface area contributed by atoms with Gasteiger partial charge < -0.3 is 9.47 Å². The Balaban J connectivity index is 2.26. The SMILES string of the molecule is CCCCN1C(=O)C(=Cc2ccc(OC)cc2OC)SC1=S. The Bertz CT molecular complexity index is 613. The molecule has 1 saturated heterocycles. The van der Waals surface area contributed by atoms with E-state index in [9.17, 15) is 4.79 Å². The number of hydrogen-bond donors (Lipinski definition) is 0. The maximum atomic E-state index is 12.4. The Hall–Kier alpha value is -1.53. The Morgan fingerprint density at radius 3 is 2.73 bits per heavy atom. The van der Waals surface area contributed by atoms with Crippen LogP contribution in [0.25, 0.3) is 6.08 Å². The lowest BCUT2D eigenvalue weighted by Gasteiger charge is -2.13. The van der Waals surface area contributed by atoms with Crippen LogP contribution in [0.2, 0.25) is 0 Å². The van der Waals surface area contributed by atoms with E-state index in [4.69, 9.17) is 21.7 Å². The quantitative estimate of drug-likeness (QED) is 0.584. The average molecular weight is 337 g/mol. The van der Waals surface area contributed by atoms with Gasteiger partial charge in [0.1, 0.15) is 15.8 Å². The highest BCUT2D eigenvalue weighted by Crippen LogP contribution is 2.35. The van der Waals surface area contributed by atoms with Crippen molar-refractivity contribution in [2.24, 2.45) is 0 Å². The molecule has 1 aliphatic rings. The molecule has 1 aliphatic heterocycles. The zero-order valence-electron chi connectivity index (χ0n) is 12.9. The van der Waals surface area contributed by atoms with E-state index >= 15 is 0 Å². The van der Waals surface area contributed by atoms with Gasteiger partial charge in [0.05, 0.1) is 19.1 Å². The van der Waals surface area contributed by atoms with Crippen molar-refractivity contribution in [3.63, 3.8) is 0 Å². The molecule has 22 heavy (non-hydrogen) atoms. The lowest BCUT2D eigenvalue weighted by molar-refractivity contribution is -0.122. The van der Waals surface area contributed by atoms with Crippen molar-refractivity contribution in [2.45, 2.75) is 19.8 Å². The fraction of sp³-hybridized carbons (Fsp3) is 0.375. The molecule has 2 rings (SSSR count). The predicted molar refractivity (Wildman–Crippen MR) is 94.3 cm³/mol. The van der Waals surface area contributed by atoms with Gasteiger partial charge >= 0.3 is 0 Å². The first-order valence-corrected chi connectivity index (χ1v) is 8.30. The minimum absolute atomic E-state index is 0.0266. The van der Waals surface area contributed by atoms with Gasteiger partial charge in [-0.1, -0.05) is 37.3 Å². The monoisotopic (exact) mass is 337 g/mol. The van der Waals surface area contributed by atoms with Gasteiger partial charge in [0.25, 0.3) is 5.91 Å². The summed E-state index contributed by atoms with van der Waals surface area (Å²) in [4.78, 5) is 14.7. The molecule has 1 fully saturated rings. The maximum Gasteiger partial charge on any atom is 0.266 e. The molecule has 4 nitrogen and oxygen atoms in total. The lowest BCUT2D eigenvalue weighted by Crippen LogP contribution is -2.28. The summed E-state index contributed by atoms with van der Waals surface area (Å²) in [7, 11) is 3.20. The number of carbonyl (C=O) groups is 1. The molecule has 1 amide bonds. The molecule has 1 heterocycles. The molecule has 0 saturated carbocycles. The number of hydrogen-bond acceptors (Lipinski definition) is 5. The molecule has 0 aromatic heterocycles. The summed E-state index contributed by atoms with van der Waals surface area (Å²) < 4.78 is 11.2. The van der Waals surface area contributed by atoms with Crippen LogP contribution in [-0.4, -0.2) is 35.9 Å². The number of thioether (sulfide) groups is 1. The highest BCUT2D eigenvalue weighted by atomic mass is 32.2. The van der Waals surface area contributed by atoms with Crippen LogP contribution < -0.4 is 9.47 Å². The summed E-state index contributed by atoms with van der Waals surface area (Å²) in [5.41, 5.74) is 0.833. The van der Waals surface area contributed by atoms with E-state index in [1.165, 1.54) is 11.8 Å². The second-order valence-corrected chi connectivity index (χ2v) is 6.47. The number of thiocarbonyl (C=S) groups is 1. The van der Waals surface area contributed by atoms with Crippen molar-refractivity contribution in [1.29, 1.82) is 0 Å². The van der Waals surface area contributed by atoms with E-state index in [-0.39, 0.29) is 5.91 Å². The number of amides is 1. The first-order chi connectivity index (χ1) is 10.6. The van der Waals surface area contributed by atoms with Crippen LogP contribution in [-0.2, 0) is 4.79 Å². The second-order valence-electron chi connectivity index (χ2n) is 4.79. The first-order valence-electron chi connectivity index (χ1n) is 7.08. The fourth-order valence-corrected chi connectivity index (χ4v) is 3.39. The Labute approximate surface area is 140 Å². The topological polar surface area (TPSA) is 38.8 Å². The van der Waals surface area contributed by atoms with E-state index in [1.54, 1.807) is 25.2 Å². The van der Waals surface area contributed by atoms with Gasteiger partial charge in [-0.25, -0.2) is 0 Å². The molecule has 0 N–H and O–H groups in total. The van der Waals surface area contributed by atoms with Crippen molar-refractivity contribution in [3.05, 3.63) is 28.7 Å². The molecule has 0 atom stereocenters. The van der Waals surface area contributed by atoms with Gasteiger partial charge in [0.2, 0.25) is 0 Å². The Morgan fingerprint density at radius 1 is 1.32 bits per heavy atom. The number of nitrogens with zero attached hydrogens (tertiary/aromatic N) is 1. The lowest BCUT2D eigenvalue weighted by atomic mass is 10.1. The number of carbonyl (C=O) groups excluding carboxylic acids is 1. The van der Waals surface area contributed by atoms with Crippen LogP contribution in [0.1, 0.15) is 25.3 Å². The minimum atomic E-state index is -0.0266. The molecule has 118 valence electrons. The van der Waals surface area contributed by atoms with Crippen molar-refractivity contribution in [3.8, 4) is 11.5 Å². The summed E-state index contributed by atoms with van der Waals surface area (Å²) >= 11 is 6.64. The van der Waals surface area contributed by atoms with Gasteiger partial charge in [-0.3, -0.25) is 9.69 Å². The van der Waals surface area contributed by atoms with Gasteiger partial charge in [-0.2, -0.15) is 0 Å². The first kappa shape index (κ1) is 16.8. The van der Waals surface area contributed by atoms with Crippen LogP contribution in [0.5, 0.6) is 11.5 Å². The number of methoxy groups -OCH3 is 2. The molecular weight excluding hydrogens is 318 g/mol. The number of rotatable bonds is 6. The van der Waals surface area contributed by atoms with Gasteiger partial charge in [-0.15, -0.1) is 0 Å². The van der Waals surface area contributed by atoms with Crippen LogP contribution in [0.3, 0.4) is 0 Å². The van der Waals surface area contributed by atoms with E-state index in [1.807, 2.05) is 18.2 Å². The van der Waals surface area contributed by atoms with Crippen molar-refractivity contribution in [2.75, 3.05) is 20.8 Å². The smallest absolute Gasteiger partial charge is 0.266 e. The largest absolute Gasteiger partial charge is 0.497 e.